The summed E-state index contributed by atoms with van der Waals surface area (Å²) in [6, 6.07) is 8.55. The van der Waals surface area contributed by atoms with Gasteiger partial charge in [0.2, 0.25) is 15.9 Å². The average Bonchev–Trinajstić information content (AvgIpc) is 3.01. The summed E-state index contributed by atoms with van der Waals surface area (Å²) < 4.78 is 32.9. The number of nitrogens with zero attached hydrogens (tertiary/aromatic N) is 1. The molecule has 1 aromatic heterocycles. The van der Waals surface area contributed by atoms with Crippen LogP contribution in [-0.2, 0) is 21.4 Å². The van der Waals surface area contributed by atoms with Crippen LogP contribution in [-0.4, -0.2) is 31.2 Å². The lowest BCUT2D eigenvalue weighted by Gasteiger charge is -2.28. The minimum absolute atomic E-state index is 0.00392. The summed E-state index contributed by atoms with van der Waals surface area (Å²) in [7, 11) is -3.89. The third-order valence-electron chi connectivity index (χ3n) is 4.17. The molecule has 1 saturated heterocycles. The maximum atomic E-state index is 13.2. The zero-order valence-corrected chi connectivity index (χ0v) is 15.1. The van der Waals surface area contributed by atoms with E-state index in [-0.39, 0.29) is 17.3 Å². The number of nitrogens with one attached hydrogen (secondary N) is 1. The zero-order chi connectivity index (χ0) is 17.9. The van der Waals surface area contributed by atoms with E-state index in [0.29, 0.717) is 23.7 Å². The van der Waals surface area contributed by atoms with Gasteiger partial charge in [0.15, 0.2) is 0 Å². The van der Waals surface area contributed by atoms with Crippen molar-refractivity contribution in [2.75, 3.05) is 6.54 Å². The normalized spacial score (nSPS) is 18.8. The molecule has 1 aliphatic rings. The summed E-state index contributed by atoms with van der Waals surface area (Å²) in [5.74, 6) is 0.205. The van der Waals surface area contributed by atoms with Crippen LogP contribution < -0.4 is 5.32 Å². The highest BCUT2D eigenvalue weighted by Crippen LogP contribution is 2.26. The van der Waals surface area contributed by atoms with Crippen LogP contribution in [0.2, 0.25) is 5.02 Å². The fourth-order valence-corrected chi connectivity index (χ4v) is 4.57. The molecule has 2 heterocycles. The molecule has 1 N–H and O–H groups in total. The Morgan fingerprint density at radius 3 is 2.64 bits per heavy atom. The molecule has 0 aliphatic carbocycles. The summed E-state index contributed by atoms with van der Waals surface area (Å²) in [6.45, 7) is 0.557. The molecule has 134 valence electrons. The third kappa shape index (κ3) is 4.05. The second-order valence-corrected chi connectivity index (χ2v) is 8.21. The number of carbonyl (C=O) groups is 1. The van der Waals surface area contributed by atoms with E-state index >= 15 is 0 Å². The SMILES string of the molecule is O=C1NCCCCC1N(Cc1ccco1)S(=O)(=O)c1ccc(Cl)cc1. The van der Waals surface area contributed by atoms with Crippen molar-refractivity contribution in [2.24, 2.45) is 0 Å². The van der Waals surface area contributed by atoms with E-state index in [0.717, 1.165) is 12.8 Å². The molecule has 0 saturated carbocycles. The lowest BCUT2D eigenvalue weighted by Crippen LogP contribution is -2.48. The number of amides is 1. The second kappa shape index (κ2) is 7.59. The first kappa shape index (κ1) is 18.0. The van der Waals surface area contributed by atoms with Crippen molar-refractivity contribution >= 4 is 27.5 Å². The smallest absolute Gasteiger partial charge is 0.244 e. The predicted octanol–water partition coefficient (Wildman–Crippen LogP) is 2.79. The Bertz CT molecular complexity index is 819. The maximum absolute atomic E-state index is 13.2. The molecule has 1 aliphatic heterocycles. The Hall–Kier alpha value is -1.83. The van der Waals surface area contributed by atoms with E-state index in [9.17, 15) is 13.2 Å². The van der Waals surface area contributed by atoms with E-state index in [1.165, 1.54) is 34.8 Å². The molecular weight excluding hydrogens is 364 g/mol. The summed E-state index contributed by atoms with van der Waals surface area (Å²) >= 11 is 5.86. The molecule has 8 heteroatoms. The maximum Gasteiger partial charge on any atom is 0.244 e. The van der Waals surface area contributed by atoms with Crippen LogP contribution in [0.15, 0.2) is 52.0 Å². The highest BCUT2D eigenvalue weighted by atomic mass is 35.5. The molecule has 25 heavy (non-hydrogen) atoms. The Balaban J connectivity index is 2.00. The number of carbonyl (C=O) groups excluding carboxylic acids is 1. The van der Waals surface area contributed by atoms with Crippen LogP contribution in [0.4, 0.5) is 0 Å². The summed E-state index contributed by atoms with van der Waals surface area (Å²) in [4.78, 5) is 12.5. The van der Waals surface area contributed by atoms with Crippen molar-refractivity contribution in [1.82, 2.24) is 9.62 Å². The summed E-state index contributed by atoms with van der Waals surface area (Å²) in [5.41, 5.74) is 0. The molecular formula is C17H19ClN2O4S. The van der Waals surface area contributed by atoms with Gasteiger partial charge in [-0.05, 0) is 55.7 Å². The van der Waals surface area contributed by atoms with Gasteiger partial charge in [-0.1, -0.05) is 11.6 Å². The van der Waals surface area contributed by atoms with Gasteiger partial charge in [0.1, 0.15) is 11.8 Å². The minimum Gasteiger partial charge on any atom is -0.468 e. The second-order valence-electron chi connectivity index (χ2n) is 5.89. The lowest BCUT2D eigenvalue weighted by atomic mass is 10.1. The highest BCUT2D eigenvalue weighted by molar-refractivity contribution is 7.89. The fraction of sp³-hybridized carbons (Fsp3) is 0.353. The van der Waals surface area contributed by atoms with Gasteiger partial charge in [0.25, 0.3) is 0 Å². The van der Waals surface area contributed by atoms with Crippen LogP contribution in [0.1, 0.15) is 25.0 Å². The van der Waals surface area contributed by atoms with Crippen molar-refractivity contribution in [3.63, 3.8) is 0 Å². The number of sulfonamides is 1. The number of hydrogen-bond acceptors (Lipinski definition) is 4. The van der Waals surface area contributed by atoms with Gasteiger partial charge in [-0.2, -0.15) is 4.31 Å². The molecule has 0 radical (unpaired) electrons. The predicted molar refractivity (Wildman–Crippen MR) is 93.5 cm³/mol. The summed E-state index contributed by atoms with van der Waals surface area (Å²) in [6.07, 6.45) is 3.56. The fourth-order valence-electron chi connectivity index (χ4n) is 2.86. The van der Waals surface area contributed by atoms with Crippen LogP contribution in [0.3, 0.4) is 0 Å². The molecule has 1 fully saturated rings. The van der Waals surface area contributed by atoms with Gasteiger partial charge in [-0.3, -0.25) is 4.79 Å². The molecule has 0 spiro atoms. The zero-order valence-electron chi connectivity index (χ0n) is 13.5. The molecule has 2 aromatic rings. The van der Waals surface area contributed by atoms with Crippen LogP contribution in [0, 0.1) is 0 Å². The van der Waals surface area contributed by atoms with Gasteiger partial charge in [0.05, 0.1) is 17.7 Å². The van der Waals surface area contributed by atoms with Crippen LogP contribution >= 0.6 is 11.6 Å². The summed E-state index contributed by atoms with van der Waals surface area (Å²) in [5, 5.41) is 3.24. The monoisotopic (exact) mass is 382 g/mol. The van der Waals surface area contributed by atoms with Crippen LogP contribution in [0.5, 0.6) is 0 Å². The first-order valence-corrected chi connectivity index (χ1v) is 9.88. The van der Waals surface area contributed by atoms with Gasteiger partial charge in [-0.25, -0.2) is 8.42 Å². The Kier molecular flexibility index (Phi) is 5.46. The number of halogens is 1. The van der Waals surface area contributed by atoms with Gasteiger partial charge in [-0.15, -0.1) is 0 Å². The van der Waals surface area contributed by atoms with Crippen molar-refractivity contribution in [3.8, 4) is 0 Å². The topological polar surface area (TPSA) is 79.6 Å². The largest absolute Gasteiger partial charge is 0.468 e. The molecule has 1 aromatic carbocycles. The molecule has 1 unspecified atom stereocenters. The van der Waals surface area contributed by atoms with E-state index in [1.54, 1.807) is 12.1 Å². The Morgan fingerprint density at radius 2 is 1.96 bits per heavy atom. The van der Waals surface area contributed by atoms with Crippen LogP contribution in [0.25, 0.3) is 0 Å². The van der Waals surface area contributed by atoms with E-state index in [2.05, 4.69) is 5.32 Å². The lowest BCUT2D eigenvalue weighted by molar-refractivity contribution is -0.124. The van der Waals surface area contributed by atoms with Crippen molar-refractivity contribution in [3.05, 3.63) is 53.4 Å². The molecule has 3 rings (SSSR count). The number of furan rings is 1. The molecule has 1 atom stereocenters. The third-order valence-corrected chi connectivity index (χ3v) is 6.29. The molecule has 1 amide bonds. The molecule has 6 nitrogen and oxygen atoms in total. The first-order chi connectivity index (χ1) is 12.0. The quantitative estimate of drug-likeness (QED) is 0.862. The van der Waals surface area contributed by atoms with Gasteiger partial charge < -0.3 is 9.73 Å². The Morgan fingerprint density at radius 1 is 1.20 bits per heavy atom. The van der Waals surface area contributed by atoms with E-state index < -0.39 is 16.1 Å². The van der Waals surface area contributed by atoms with E-state index in [1.807, 2.05) is 0 Å². The highest BCUT2D eigenvalue weighted by Gasteiger charge is 2.37. The van der Waals surface area contributed by atoms with Crippen molar-refractivity contribution in [1.29, 1.82) is 0 Å². The first-order valence-electron chi connectivity index (χ1n) is 8.06. The standard InChI is InChI=1S/C17H19ClN2O4S/c18-13-6-8-15(9-7-13)25(22,23)20(12-14-4-3-11-24-14)16-5-1-2-10-19-17(16)21/h3-4,6-9,11,16H,1-2,5,10,12H2,(H,19,21). The van der Waals surface area contributed by atoms with Gasteiger partial charge >= 0.3 is 0 Å². The average molecular weight is 383 g/mol. The minimum atomic E-state index is -3.89. The number of hydrogen-bond donors (Lipinski definition) is 1. The number of benzene rings is 1. The van der Waals surface area contributed by atoms with Crippen molar-refractivity contribution in [2.45, 2.75) is 36.7 Å². The molecule has 0 bridgehead atoms. The van der Waals surface area contributed by atoms with Gasteiger partial charge in [0, 0.05) is 11.6 Å². The van der Waals surface area contributed by atoms with E-state index in [4.69, 9.17) is 16.0 Å². The Labute approximate surface area is 151 Å². The van der Waals surface area contributed by atoms with Crippen molar-refractivity contribution < 1.29 is 17.6 Å². The number of rotatable bonds is 5.